The molecule has 0 radical (unpaired) electrons. The van der Waals surface area contributed by atoms with Gasteiger partial charge in [-0.05, 0) is 24.2 Å². The Hall–Kier alpha value is -0.300. The molecule has 0 aromatic rings. The van der Waals surface area contributed by atoms with Crippen LogP contribution in [0.2, 0.25) is 0 Å². The number of halogens is 1. The second-order valence-electron chi connectivity index (χ2n) is 4.14. The van der Waals surface area contributed by atoms with Crippen molar-refractivity contribution in [3.63, 3.8) is 0 Å². The zero-order valence-corrected chi connectivity index (χ0v) is 7.92. The van der Waals surface area contributed by atoms with Crippen LogP contribution in [0, 0.1) is 23.2 Å². The van der Waals surface area contributed by atoms with Gasteiger partial charge >= 0.3 is 0 Å². The number of fused-ring (bicyclic) bond motifs is 2. The van der Waals surface area contributed by atoms with E-state index in [9.17, 15) is 4.79 Å². The quantitative estimate of drug-likeness (QED) is 0.366. The summed E-state index contributed by atoms with van der Waals surface area (Å²) < 4.78 is 0. The van der Waals surface area contributed by atoms with Crippen molar-refractivity contribution in [1.29, 1.82) is 0 Å². The Balaban J connectivity index is 2.34. The van der Waals surface area contributed by atoms with Gasteiger partial charge in [-0.15, -0.1) is 11.6 Å². The monoisotopic (exact) mass is 184 g/mol. The van der Waals surface area contributed by atoms with Gasteiger partial charge in [0.15, 0.2) is 0 Å². The Morgan fingerprint density at radius 2 is 2.42 bits per heavy atom. The molecule has 0 spiro atoms. The van der Waals surface area contributed by atoms with Crippen LogP contribution in [-0.2, 0) is 4.79 Å². The molecule has 0 aliphatic heterocycles. The molecule has 0 saturated heterocycles. The van der Waals surface area contributed by atoms with E-state index in [0.717, 1.165) is 12.7 Å². The standard InChI is InChI=1S/C10H13ClO/c1-10(6-12)8-3-2-7(4-8)9(10)5-11/h2-3,6-9H,4-5H2,1H3/t7-,8+,9?,10-/m0/s1. The molecule has 2 bridgehead atoms. The van der Waals surface area contributed by atoms with E-state index in [1.54, 1.807) is 0 Å². The summed E-state index contributed by atoms with van der Waals surface area (Å²) in [6, 6.07) is 0. The molecule has 2 aliphatic carbocycles. The molecule has 0 aromatic heterocycles. The van der Waals surface area contributed by atoms with Crippen LogP contribution in [0.3, 0.4) is 0 Å². The molecule has 1 fully saturated rings. The molecule has 0 amide bonds. The van der Waals surface area contributed by atoms with Crippen molar-refractivity contribution < 1.29 is 4.79 Å². The Morgan fingerprint density at radius 3 is 2.92 bits per heavy atom. The van der Waals surface area contributed by atoms with E-state index >= 15 is 0 Å². The Labute approximate surface area is 77.8 Å². The number of rotatable bonds is 2. The maximum atomic E-state index is 11.0. The summed E-state index contributed by atoms with van der Waals surface area (Å²) in [6.45, 7) is 2.04. The lowest BCUT2D eigenvalue weighted by atomic mass is 9.72. The van der Waals surface area contributed by atoms with Crippen LogP contribution in [0.4, 0.5) is 0 Å². The highest BCUT2D eigenvalue weighted by molar-refractivity contribution is 6.18. The minimum atomic E-state index is -0.179. The lowest BCUT2D eigenvalue weighted by molar-refractivity contribution is -0.118. The smallest absolute Gasteiger partial charge is 0.126 e. The lowest BCUT2D eigenvalue weighted by Gasteiger charge is -2.32. The largest absolute Gasteiger partial charge is 0.303 e. The first kappa shape index (κ1) is 8.31. The summed E-state index contributed by atoms with van der Waals surface area (Å²) in [4.78, 5) is 11.0. The summed E-state index contributed by atoms with van der Waals surface area (Å²) >= 11 is 5.87. The molecule has 2 heteroatoms. The van der Waals surface area contributed by atoms with Gasteiger partial charge in [0.1, 0.15) is 6.29 Å². The highest BCUT2D eigenvalue weighted by Crippen LogP contribution is 2.55. The van der Waals surface area contributed by atoms with Crippen LogP contribution >= 0.6 is 11.6 Å². The third kappa shape index (κ3) is 0.832. The van der Waals surface area contributed by atoms with Gasteiger partial charge in [-0.2, -0.15) is 0 Å². The first-order valence-electron chi connectivity index (χ1n) is 4.43. The zero-order chi connectivity index (χ0) is 8.77. The van der Waals surface area contributed by atoms with E-state index in [1.165, 1.54) is 0 Å². The summed E-state index contributed by atoms with van der Waals surface area (Å²) in [5.41, 5.74) is -0.179. The average Bonchev–Trinajstić information content (AvgIpc) is 2.63. The van der Waals surface area contributed by atoms with Crippen molar-refractivity contribution in [2.24, 2.45) is 23.2 Å². The van der Waals surface area contributed by atoms with E-state index in [0.29, 0.717) is 23.6 Å². The second-order valence-corrected chi connectivity index (χ2v) is 4.44. The SMILES string of the molecule is C[C@@]1(C=O)C(CCl)[C@H]2C=C[C@@H]1C2. The van der Waals surface area contributed by atoms with Crippen molar-refractivity contribution in [3.8, 4) is 0 Å². The number of hydrogen-bond acceptors (Lipinski definition) is 1. The molecular formula is C10H13ClO. The number of allylic oxidation sites excluding steroid dienone is 2. The molecule has 2 rings (SSSR count). The van der Waals surface area contributed by atoms with E-state index in [2.05, 4.69) is 12.2 Å². The van der Waals surface area contributed by atoms with Gasteiger partial charge < -0.3 is 4.79 Å². The Kier molecular flexibility index (Phi) is 1.80. The first-order chi connectivity index (χ1) is 5.72. The lowest BCUT2D eigenvalue weighted by Crippen LogP contribution is -2.34. The van der Waals surface area contributed by atoms with Crippen LogP contribution in [0.25, 0.3) is 0 Å². The van der Waals surface area contributed by atoms with E-state index in [-0.39, 0.29) is 5.41 Å². The molecule has 0 aromatic carbocycles. The van der Waals surface area contributed by atoms with Crippen molar-refractivity contribution in [2.45, 2.75) is 13.3 Å². The van der Waals surface area contributed by atoms with Gasteiger partial charge in [0.25, 0.3) is 0 Å². The molecule has 4 atom stereocenters. The zero-order valence-electron chi connectivity index (χ0n) is 7.16. The predicted molar refractivity (Wildman–Crippen MR) is 49.1 cm³/mol. The van der Waals surface area contributed by atoms with Crippen molar-refractivity contribution >= 4 is 17.9 Å². The molecule has 0 N–H and O–H groups in total. The minimum Gasteiger partial charge on any atom is -0.303 e. The summed E-state index contributed by atoms with van der Waals surface area (Å²) in [6.07, 6.45) is 6.64. The molecule has 66 valence electrons. The number of carbonyl (C=O) groups is 1. The number of aldehydes is 1. The average molecular weight is 185 g/mol. The number of carbonyl (C=O) groups excluding carboxylic acids is 1. The highest BCUT2D eigenvalue weighted by atomic mass is 35.5. The van der Waals surface area contributed by atoms with Crippen molar-refractivity contribution in [2.75, 3.05) is 5.88 Å². The third-order valence-electron chi connectivity index (χ3n) is 3.65. The van der Waals surface area contributed by atoms with Gasteiger partial charge in [-0.1, -0.05) is 19.1 Å². The first-order valence-corrected chi connectivity index (χ1v) is 4.96. The highest BCUT2D eigenvalue weighted by Gasteiger charge is 2.52. The Bertz CT molecular complexity index is 236. The predicted octanol–water partition coefficient (Wildman–Crippen LogP) is 2.25. The fourth-order valence-corrected chi connectivity index (χ4v) is 3.24. The molecule has 1 saturated carbocycles. The third-order valence-corrected chi connectivity index (χ3v) is 3.98. The summed E-state index contributed by atoms with van der Waals surface area (Å²) in [5.74, 6) is 1.99. The van der Waals surface area contributed by atoms with E-state index < -0.39 is 0 Å². The van der Waals surface area contributed by atoms with E-state index in [1.807, 2.05) is 6.92 Å². The van der Waals surface area contributed by atoms with Crippen LogP contribution in [0.5, 0.6) is 0 Å². The van der Waals surface area contributed by atoms with E-state index in [4.69, 9.17) is 11.6 Å². The topological polar surface area (TPSA) is 17.1 Å². The van der Waals surface area contributed by atoms with Gasteiger partial charge in [-0.3, -0.25) is 0 Å². The number of hydrogen-bond donors (Lipinski definition) is 0. The summed E-state index contributed by atoms with van der Waals surface area (Å²) in [7, 11) is 0. The van der Waals surface area contributed by atoms with Crippen LogP contribution in [-0.4, -0.2) is 12.2 Å². The van der Waals surface area contributed by atoms with Crippen LogP contribution < -0.4 is 0 Å². The maximum Gasteiger partial charge on any atom is 0.126 e. The molecule has 0 heterocycles. The minimum absolute atomic E-state index is 0.179. The number of alkyl halides is 1. The van der Waals surface area contributed by atoms with Crippen molar-refractivity contribution in [1.82, 2.24) is 0 Å². The van der Waals surface area contributed by atoms with Crippen molar-refractivity contribution in [3.05, 3.63) is 12.2 Å². The fraction of sp³-hybridized carbons (Fsp3) is 0.700. The second kappa shape index (κ2) is 2.59. The van der Waals surface area contributed by atoms with Gasteiger partial charge in [0, 0.05) is 11.3 Å². The molecule has 1 unspecified atom stereocenters. The van der Waals surface area contributed by atoms with Crippen LogP contribution in [0.1, 0.15) is 13.3 Å². The molecular weight excluding hydrogens is 172 g/mol. The molecule has 2 aliphatic rings. The van der Waals surface area contributed by atoms with Gasteiger partial charge in [0.05, 0.1) is 0 Å². The fourth-order valence-electron chi connectivity index (χ4n) is 2.68. The normalized spacial score (nSPS) is 50.0. The van der Waals surface area contributed by atoms with Gasteiger partial charge in [0.2, 0.25) is 0 Å². The molecule has 12 heavy (non-hydrogen) atoms. The molecule has 1 nitrogen and oxygen atoms in total. The van der Waals surface area contributed by atoms with Crippen LogP contribution in [0.15, 0.2) is 12.2 Å². The Morgan fingerprint density at radius 1 is 1.67 bits per heavy atom. The maximum absolute atomic E-state index is 11.0. The summed E-state index contributed by atoms with van der Waals surface area (Å²) in [5, 5.41) is 0. The van der Waals surface area contributed by atoms with Gasteiger partial charge in [-0.25, -0.2) is 0 Å².